The minimum absolute atomic E-state index is 0.0942. The van der Waals surface area contributed by atoms with Crippen LogP contribution in [0.1, 0.15) is 27.1 Å². The molecule has 0 N–H and O–H groups in total. The number of nitro benzene ring substituents is 1. The lowest BCUT2D eigenvalue weighted by atomic mass is 10.1. The summed E-state index contributed by atoms with van der Waals surface area (Å²) in [5.74, 6) is -0.576. The second-order valence-electron chi connectivity index (χ2n) is 5.38. The van der Waals surface area contributed by atoms with Gasteiger partial charge in [0.1, 0.15) is 0 Å². The first-order chi connectivity index (χ1) is 12.0. The number of carbonyl (C=O) groups is 2. The quantitative estimate of drug-likeness (QED) is 0.341. The van der Waals surface area contributed by atoms with Crippen LogP contribution < -0.4 is 4.74 Å². The molecule has 0 aliphatic carbocycles. The Morgan fingerprint density at radius 2 is 1.72 bits per heavy atom. The number of nitro groups is 1. The SMILES string of the molecule is O=C1c2ccccc2C(=O)N1CCCOc1ccc(Cl)cc1[N+](=O)[O-]. The van der Waals surface area contributed by atoms with Crippen LogP contribution in [0.3, 0.4) is 0 Å². The Hall–Kier alpha value is -2.93. The Labute approximate surface area is 147 Å². The highest BCUT2D eigenvalue weighted by Crippen LogP contribution is 2.30. The Balaban J connectivity index is 1.59. The molecule has 1 heterocycles. The van der Waals surface area contributed by atoms with Gasteiger partial charge in [0, 0.05) is 17.6 Å². The molecule has 0 spiro atoms. The van der Waals surface area contributed by atoms with Crippen LogP contribution in [0.15, 0.2) is 42.5 Å². The zero-order valence-electron chi connectivity index (χ0n) is 13.0. The summed E-state index contributed by atoms with van der Waals surface area (Å²) in [7, 11) is 0. The van der Waals surface area contributed by atoms with E-state index < -0.39 is 4.92 Å². The number of amides is 2. The molecule has 3 rings (SSSR count). The van der Waals surface area contributed by atoms with E-state index in [1.54, 1.807) is 24.3 Å². The van der Waals surface area contributed by atoms with E-state index in [1.807, 2.05) is 0 Å². The molecule has 1 aliphatic rings. The molecule has 8 heteroatoms. The Morgan fingerprint density at radius 1 is 1.08 bits per heavy atom. The van der Waals surface area contributed by atoms with Gasteiger partial charge >= 0.3 is 5.69 Å². The first-order valence-electron chi connectivity index (χ1n) is 7.51. The predicted molar refractivity (Wildman–Crippen MR) is 90.0 cm³/mol. The van der Waals surface area contributed by atoms with Gasteiger partial charge in [0.15, 0.2) is 5.75 Å². The number of ether oxygens (including phenoxy) is 1. The van der Waals surface area contributed by atoms with Crippen LogP contribution in [-0.2, 0) is 0 Å². The lowest BCUT2D eigenvalue weighted by Crippen LogP contribution is -2.31. The summed E-state index contributed by atoms with van der Waals surface area (Å²) in [4.78, 5) is 36.0. The standard InChI is InChI=1S/C17H13ClN2O5/c18-11-6-7-15(14(10-11)20(23)24)25-9-3-8-19-16(21)12-4-1-2-5-13(12)17(19)22/h1-2,4-7,10H,3,8-9H2. The van der Waals surface area contributed by atoms with Gasteiger partial charge in [-0.15, -0.1) is 0 Å². The highest BCUT2D eigenvalue weighted by Gasteiger charge is 2.34. The fourth-order valence-electron chi connectivity index (χ4n) is 2.60. The highest BCUT2D eigenvalue weighted by atomic mass is 35.5. The molecule has 0 aromatic heterocycles. The Bertz CT molecular complexity index is 833. The van der Waals surface area contributed by atoms with E-state index in [0.29, 0.717) is 17.5 Å². The third kappa shape index (κ3) is 3.32. The molecule has 0 saturated carbocycles. The van der Waals surface area contributed by atoms with Crippen LogP contribution in [-0.4, -0.2) is 34.8 Å². The largest absolute Gasteiger partial charge is 0.487 e. The molecule has 2 aromatic carbocycles. The van der Waals surface area contributed by atoms with Gasteiger partial charge in [0.2, 0.25) is 0 Å². The summed E-state index contributed by atoms with van der Waals surface area (Å²) in [5.41, 5.74) is 0.553. The maximum absolute atomic E-state index is 12.2. The second-order valence-corrected chi connectivity index (χ2v) is 5.82. The molecule has 2 aromatic rings. The third-order valence-electron chi connectivity index (χ3n) is 3.78. The van der Waals surface area contributed by atoms with Gasteiger partial charge in [-0.1, -0.05) is 23.7 Å². The Morgan fingerprint density at radius 3 is 2.32 bits per heavy atom. The number of halogens is 1. The van der Waals surface area contributed by atoms with Crippen molar-refractivity contribution >= 4 is 29.1 Å². The molecular formula is C17H13ClN2O5. The van der Waals surface area contributed by atoms with E-state index >= 15 is 0 Å². The van der Waals surface area contributed by atoms with Crippen molar-refractivity contribution in [1.82, 2.24) is 4.90 Å². The number of fused-ring (bicyclic) bond motifs is 1. The maximum atomic E-state index is 12.2. The van der Waals surface area contributed by atoms with Crippen LogP contribution >= 0.6 is 11.6 Å². The van der Waals surface area contributed by atoms with Crippen molar-refractivity contribution < 1.29 is 19.2 Å². The smallest absolute Gasteiger partial charge is 0.312 e. The van der Waals surface area contributed by atoms with Crippen molar-refractivity contribution in [3.05, 3.63) is 68.7 Å². The number of imide groups is 1. The van der Waals surface area contributed by atoms with Gasteiger partial charge in [0.05, 0.1) is 22.7 Å². The van der Waals surface area contributed by atoms with Crippen molar-refractivity contribution in [2.24, 2.45) is 0 Å². The van der Waals surface area contributed by atoms with E-state index in [9.17, 15) is 19.7 Å². The normalized spacial score (nSPS) is 13.1. The van der Waals surface area contributed by atoms with Crippen molar-refractivity contribution in [3.8, 4) is 5.75 Å². The lowest BCUT2D eigenvalue weighted by molar-refractivity contribution is -0.385. The fraction of sp³-hybridized carbons (Fsp3) is 0.176. The highest BCUT2D eigenvalue weighted by molar-refractivity contribution is 6.30. The zero-order valence-corrected chi connectivity index (χ0v) is 13.7. The number of benzene rings is 2. The molecule has 1 aliphatic heterocycles. The van der Waals surface area contributed by atoms with Gasteiger partial charge in [-0.2, -0.15) is 0 Å². The van der Waals surface area contributed by atoms with E-state index in [-0.39, 0.29) is 41.4 Å². The van der Waals surface area contributed by atoms with Crippen LogP contribution in [0, 0.1) is 10.1 Å². The van der Waals surface area contributed by atoms with Crippen LogP contribution in [0.25, 0.3) is 0 Å². The monoisotopic (exact) mass is 360 g/mol. The first kappa shape index (κ1) is 16.9. The van der Waals surface area contributed by atoms with Gasteiger partial charge in [-0.25, -0.2) is 0 Å². The predicted octanol–water partition coefficient (Wildman–Crippen LogP) is 3.31. The van der Waals surface area contributed by atoms with E-state index in [1.165, 1.54) is 18.2 Å². The molecule has 0 saturated heterocycles. The molecule has 0 radical (unpaired) electrons. The number of nitrogens with zero attached hydrogens (tertiary/aromatic N) is 2. The molecule has 128 valence electrons. The maximum Gasteiger partial charge on any atom is 0.312 e. The molecule has 0 unspecified atom stereocenters. The summed E-state index contributed by atoms with van der Waals surface area (Å²) in [6.07, 6.45) is 0.352. The minimum atomic E-state index is -0.578. The summed E-state index contributed by atoms with van der Waals surface area (Å²) < 4.78 is 5.41. The summed E-state index contributed by atoms with van der Waals surface area (Å²) >= 11 is 5.74. The molecule has 25 heavy (non-hydrogen) atoms. The van der Waals surface area contributed by atoms with Crippen LogP contribution in [0.5, 0.6) is 5.75 Å². The average molecular weight is 361 g/mol. The molecule has 2 amide bonds. The van der Waals surface area contributed by atoms with Gasteiger partial charge in [-0.3, -0.25) is 24.6 Å². The van der Waals surface area contributed by atoms with Crippen molar-refractivity contribution in [2.75, 3.05) is 13.2 Å². The van der Waals surface area contributed by atoms with E-state index in [0.717, 1.165) is 4.90 Å². The molecule has 7 nitrogen and oxygen atoms in total. The fourth-order valence-corrected chi connectivity index (χ4v) is 2.77. The van der Waals surface area contributed by atoms with Crippen LogP contribution in [0.2, 0.25) is 5.02 Å². The summed E-state index contributed by atoms with van der Waals surface area (Å²) in [5, 5.41) is 11.2. The topological polar surface area (TPSA) is 89.8 Å². The molecular weight excluding hydrogens is 348 g/mol. The van der Waals surface area contributed by atoms with Crippen LogP contribution in [0.4, 0.5) is 5.69 Å². The van der Waals surface area contributed by atoms with Crippen molar-refractivity contribution in [3.63, 3.8) is 0 Å². The second kappa shape index (κ2) is 6.90. The van der Waals surface area contributed by atoms with Crippen molar-refractivity contribution in [1.29, 1.82) is 0 Å². The number of rotatable bonds is 6. The molecule has 0 fully saturated rings. The first-order valence-corrected chi connectivity index (χ1v) is 7.89. The van der Waals surface area contributed by atoms with E-state index in [2.05, 4.69) is 0 Å². The zero-order chi connectivity index (χ0) is 18.0. The Kier molecular flexibility index (Phi) is 4.67. The summed E-state index contributed by atoms with van der Waals surface area (Å²) in [6.45, 7) is 0.295. The van der Waals surface area contributed by atoms with Crippen molar-refractivity contribution in [2.45, 2.75) is 6.42 Å². The average Bonchev–Trinajstić information content (AvgIpc) is 2.84. The molecule has 0 bridgehead atoms. The van der Waals surface area contributed by atoms with Gasteiger partial charge < -0.3 is 4.74 Å². The minimum Gasteiger partial charge on any atom is -0.487 e. The van der Waals surface area contributed by atoms with Gasteiger partial charge in [-0.05, 0) is 30.7 Å². The van der Waals surface area contributed by atoms with Gasteiger partial charge in [0.25, 0.3) is 11.8 Å². The van der Waals surface area contributed by atoms with E-state index in [4.69, 9.17) is 16.3 Å². The third-order valence-corrected chi connectivity index (χ3v) is 4.01. The number of hydrogen-bond acceptors (Lipinski definition) is 5. The summed E-state index contributed by atoms with van der Waals surface area (Å²) in [6, 6.07) is 10.8. The number of carbonyl (C=O) groups excluding carboxylic acids is 2. The lowest BCUT2D eigenvalue weighted by Gasteiger charge is -2.14. The number of hydrogen-bond donors (Lipinski definition) is 0. The molecule has 0 atom stereocenters.